The molecule has 0 amide bonds. The van der Waals surface area contributed by atoms with Gasteiger partial charge in [0, 0.05) is 19.3 Å². The molecule has 0 aliphatic carbocycles. The summed E-state index contributed by atoms with van der Waals surface area (Å²) in [7, 11) is 5.40. The molecule has 0 saturated heterocycles. The van der Waals surface area contributed by atoms with E-state index >= 15 is 0 Å². The quantitative estimate of drug-likeness (QED) is 0.0261. The summed E-state index contributed by atoms with van der Waals surface area (Å²) in [5.74, 6) is -1.76. The van der Waals surface area contributed by atoms with Crippen LogP contribution in [0.15, 0.2) is 60.8 Å². The third-order valence-electron chi connectivity index (χ3n) is 10.5. The molecule has 0 N–H and O–H groups in total. The Morgan fingerprint density at radius 2 is 0.949 bits per heavy atom. The van der Waals surface area contributed by atoms with Crippen molar-refractivity contribution in [2.45, 2.75) is 206 Å². The van der Waals surface area contributed by atoms with E-state index in [0.29, 0.717) is 12.8 Å². The van der Waals surface area contributed by atoms with Gasteiger partial charge in [-0.3, -0.25) is 9.59 Å². The van der Waals surface area contributed by atoms with Crippen molar-refractivity contribution in [3.63, 3.8) is 0 Å². The second kappa shape index (κ2) is 41.8. The molecule has 0 saturated carbocycles. The fourth-order valence-electron chi connectivity index (χ4n) is 6.77. The number of esters is 2. The zero-order valence-corrected chi connectivity index (χ0v) is 38.7. The number of carbonyl (C=O) groups is 3. The first kappa shape index (κ1) is 56.0. The molecule has 0 radical (unpaired) electrons. The van der Waals surface area contributed by atoms with Gasteiger partial charge < -0.3 is 28.6 Å². The summed E-state index contributed by atoms with van der Waals surface area (Å²) in [6.45, 7) is 4.50. The smallest absolute Gasteiger partial charge is 0.306 e. The zero-order chi connectivity index (χ0) is 43.5. The van der Waals surface area contributed by atoms with Crippen LogP contribution in [0.4, 0.5) is 0 Å². The molecule has 0 aliphatic rings. The van der Waals surface area contributed by atoms with Crippen molar-refractivity contribution in [1.82, 2.24) is 0 Å². The minimum absolute atomic E-state index is 0.0338. The minimum Gasteiger partial charge on any atom is -0.544 e. The predicted molar refractivity (Wildman–Crippen MR) is 245 cm³/mol. The third-order valence-corrected chi connectivity index (χ3v) is 10.5. The van der Waals surface area contributed by atoms with Crippen molar-refractivity contribution in [2.75, 3.05) is 41.0 Å². The van der Waals surface area contributed by atoms with E-state index in [0.717, 1.165) is 51.4 Å². The van der Waals surface area contributed by atoms with Crippen molar-refractivity contribution in [2.24, 2.45) is 0 Å². The maximum Gasteiger partial charge on any atom is 0.306 e. The largest absolute Gasteiger partial charge is 0.544 e. The van der Waals surface area contributed by atoms with Crippen LogP contribution in [-0.2, 0) is 28.6 Å². The molecule has 0 fully saturated rings. The van der Waals surface area contributed by atoms with Crippen molar-refractivity contribution >= 4 is 17.9 Å². The third kappa shape index (κ3) is 40.2. The fourth-order valence-corrected chi connectivity index (χ4v) is 6.77. The number of hydrogen-bond donors (Lipinski definition) is 0. The van der Waals surface area contributed by atoms with Crippen LogP contribution >= 0.6 is 0 Å². The number of likely N-dealkylation sites (N-methyl/N-ethyl adjacent to an activating group) is 1. The second-order valence-corrected chi connectivity index (χ2v) is 17.1. The summed E-state index contributed by atoms with van der Waals surface area (Å²) >= 11 is 0. The number of quaternary nitrogens is 1. The van der Waals surface area contributed by atoms with Gasteiger partial charge in [0.2, 0.25) is 0 Å². The van der Waals surface area contributed by atoms with Crippen LogP contribution in [0.3, 0.4) is 0 Å². The Balaban J connectivity index is 4.30. The molecule has 0 aromatic heterocycles. The first-order valence-electron chi connectivity index (χ1n) is 23.9. The van der Waals surface area contributed by atoms with Gasteiger partial charge in [-0.1, -0.05) is 177 Å². The van der Waals surface area contributed by atoms with Gasteiger partial charge in [0.1, 0.15) is 12.6 Å². The number of carboxylic acids is 1. The van der Waals surface area contributed by atoms with Crippen molar-refractivity contribution in [3.05, 3.63) is 60.8 Å². The number of rotatable bonds is 42. The highest BCUT2D eigenvalue weighted by atomic mass is 16.6. The van der Waals surface area contributed by atoms with Crippen LogP contribution in [0.5, 0.6) is 0 Å². The Hall–Kier alpha value is -2.97. The molecule has 8 nitrogen and oxygen atoms in total. The van der Waals surface area contributed by atoms with E-state index in [2.05, 4.69) is 74.6 Å². The Morgan fingerprint density at radius 3 is 1.41 bits per heavy atom. The summed E-state index contributed by atoms with van der Waals surface area (Å²) in [5, 5.41) is 11.6. The van der Waals surface area contributed by atoms with Gasteiger partial charge in [0.05, 0.1) is 40.3 Å². The van der Waals surface area contributed by atoms with Crippen LogP contribution in [0.25, 0.3) is 0 Å². The molecule has 8 heteroatoms. The van der Waals surface area contributed by atoms with Crippen molar-refractivity contribution in [1.29, 1.82) is 0 Å². The first-order valence-corrected chi connectivity index (χ1v) is 23.9. The van der Waals surface area contributed by atoms with Crippen LogP contribution in [0.1, 0.15) is 194 Å². The molecule has 0 aromatic carbocycles. The highest BCUT2D eigenvalue weighted by molar-refractivity contribution is 5.70. The summed E-state index contributed by atoms with van der Waals surface area (Å²) in [4.78, 5) is 36.9. The van der Waals surface area contributed by atoms with Crippen LogP contribution in [0, 0.1) is 0 Å². The zero-order valence-electron chi connectivity index (χ0n) is 38.7. The standard InChI is InChI=1S/C51H89NO7/c1-6-8-10-12-14-16-18-20-22-23-24-25-26-28-30-32-34-36-38-40-42-50(54)59-47(45-57-44-43-48(51(55)56)52(3,4)5)46-58-49(53)41-39-37-35-33-31-29-27-21-19-17-15-13-11-9-7-2/h9,11,13,15-20,22,47-48H,6-8,10,12,14,21,23-46H2,1-5H3/b11-9+,15-13+,18-16+,19-17+,22-20+. The maximum absolute atomic E-state index is 12.8. The molecule has 0 spiro atoms. The number of carboxylic acid groups (broad SMARTS) is 1. The lowest BCUT2D eigenvalue weighted by atomic mass is 10.1. The van der Waals surface area contributed by atoms with Crippen molar-refractivity contribution < 1.29 is 38.2 Å². The molecular formula is C51H89NO7. The normalized spacial score (nSPS) is 13.4. The molecule has 0 heterocycles. The van der Waals surface area contributed by atoms with Crippen LogP contribution < -0.4 is 5.11 Å². The lowest BCUT2D eigenvalue weighted by Crippen LogP contribution is -2.55. The van der Waals surface area contributed by atoms with E-state index in [4.69, 9.17) is 14.2 Å². The number of hydrogen-bond acceptors (Lipinski definition) is 7. The number of allylic oxidation sites excluding steroid dienone is 10. The highest BCUT2D eigenvalue weighted by Gasteiger charge is 2.25. The molecule has 2 unspecified atom stereocenters. The van der Waals surface area contributed by atoms with E-state index in [1.165, 1.54) is 109 Å². The van der Waals surface area contributed by atoms with Gasteiger partial charge in [0.15, 0.2) is 6.10 Å². The Kier molecular flexibility index (Phi) is 39.6. The van der Waals surface area contributed by atoms with Crippen molar-refractivity contribution in [3.8, 4) is 0 Å². The molecule has 0 rings (SSSR count). The van der Waals surface area contributed by atoms with Gasteiger partial charge in [-0.15, -0.1) is 0 Å². The topological polar surface area (TPSA) is 102 Å². The molecule has 2 atom stereocenters. The van der Waals surface area contributed by atoms with E-state index in [9.17, 15) is 19.5 Å². The van der Waals surface area contributed by atoms with Gasteiger partial charge in [-0.2, -0.15) is 0 Å². The number of unbranched alkanes of at least 4 members (excludes halogenated alkanes) is 21. The SMILES string of the molecule is CC/C=C/C=C/C=C/CCCCCCCCCC(=O)OCC(COCCC(C(=O)[O-])[N+](C)(C)C)OC(=O)CCCCCCCCCCCC/C=C/C=C/CCCCCC. The highest BCUT2D eigenvalue weighted by Crippen LogP contribution is 2.15. The molecule has 340 valence electrons. The van der Waals surface area contributed by atoms with E-state index < -0.39 is 18.1 Å². The Morgan fingerprint density at radius 1 is 0.525 bits per heavy atom. The van der Waals surface area contributed by atoms with Gasteiger partial charge in [-0.25, -0.2) is 0 Å². The monoisotopic (exact) mass is 828 g/mol. The average Bonchev–Trinajstić information content (AvgIpc) is 3.19. The van der Waals surface area contributed by atoms with E-state index in [1.54, 1.807) is 21.1 Å². The Bertz CT molecular complexity index is 1150. The number of aliphatic carboxylic acids is 1. The predicted octanol–water partition coefficient (Wildman–Crippen LogP) is 12.0. The van der Waals surface area contributed by atoms with Gasteiger partial charge in [0.25, 0.3) is 0 Å². The summed E-state index contributed by atoms with van der Waals surface area (Å²) in [5.41, 5.74) is 0. The lowest BCUT2D eigenvalue weighted by Gasteiger charge is -2.34. The number of ether oxygens (including phenoxy) is 3. The molecule has 0 aromatic rings. The van der Waals surface area contributed by atoms with Crippen LogP contribution in [0.2, 0.25) is 0 Å². The summed E-state index contributed by atoms with van der Waals surface area (Å²) in [6, 6.07) is -0.730. The molecule has 0 bridgehead atoms. The molecular weight excluding hydrogens is 739 g/mol. The van der Waals surface area contributed by atoms with Gasteiger partial charge >= 0.3 is 11.9 Å². The minimum atomic E-state index is -1.13. The van der Waals surface area contributed by atoms with Crippen LogP contribution in [-0.4, -0.2) is 75.5 Å². The fraction of sp³-hybridized carbons (Fsp3) is 0.745. The summed E-state index contributed by atoms with van der Waals surface area (Å²) < 4.78 is 17.2. The lowest BCUT2D eigenvalue weighted by molar-refractivity contribution is -0.889. The van der Waals surface area contributed by atoms with E-state index in [-0.39, 0.29) is 42.7 Å². The number of nitrogens with zero attached hydrogens (tertiary/aromatic N) is 1. The second-order valence-electron chi connectivity index (χ2n) is 17.1. The molecule has 59 heavy (non-hydrogen) atoms. The number of carbonyl (C=O) groups excluding carboxylic acids is 3. The average molecular weight is 828 g/mol. The maximum atomic E-state index is 12.8. The van der Waals surface area contributed by atoms with Gasteiger partial charge in [-0.05, 0) is 57.8 Å². The Labute approximate surface area is 362 Å². The van der Waals surface area contributed by atoms with E-state index in [1.807, 2.05) is 0 Å². The molecule has 0 aliphatic heterocycles. The first-order chi connectivity index (χ1) is 28.6. The summed E-state index contributed by atoms with van der Waals surface area (Å²) in [6.07, 6.45) is 51.0.